The van der Waals surface area contributed by atoms with Gasteiger partial charge in [-0.15, -0.1) is 0 Å². The molecule has 26 heavy (non-hydrogen) atoms. The fourth-order valence-corrected chi connectivity index (χ4v) is 4.13. The van der Waals surface area contributed by atoms with Gasteiger partial charge in [-0.1, -0.05) is 35.9 Å². The molecule has 0 aliphatic heterocycles. The first-order valence-corrected chi connectivity index (χ1v) is 9.80. The van der Waals surface area contributed by atoms with Crippen molar-refractivity contribution in [3.8, 4) is 5.75 Å². The summed E-state index contributed by atoms with van der Waals surface area (Å²) in [7, 11) is -2.44. The molecule has 1 N–H and O–H groups in total. The maximum atomic E-state index is 12.8. The molecular formula is C18H20ClNO5S. The van der Waals surface area contributed by atoms with Crippen molar-refractivity contribution in [1.82, 2.24) is 4.72 Å². The molecular weight excluding hydrogens is 378 g/mol. The van der Waals surface area contributed by atoms with Crippen molar-refractivity contribution in [2.45, 2.75) is 24.3 Å². The van der Waals surface area contributed by atoms with E-state index in [2.05, 4.69) is 4.72 Å². The largest absolute Gasteiger partial charge is 0.497 e. The second-order valence-corrected chi connectivity index (χ2v) is 7.48. The van der Waals surface area contributed by atoms with Gasteiger partial charge in [0.1, 0.15) is 10.6 Å². The van der Waals surface area contributed by atoms with Crippen molar-refractivity contribution in [3.05, 3.63) is 59.1 Å². The number of esters is 1. The van der Waals surface area contributed by atoms with Crippen molar-refractivity contribution < 1.29 is 22.7 Å². The van der Waals surface area contributed by atoms with Gasteiger partial charge in [-0.3, -0.25) is 4.79 Å². The summed E-state index contributed by atoms with van der Waals surface area (Å²) < 4.78 is 38.2. The predicted molar refractivity (Wildman–Crippen MR) is 98.8 cm³/mol. The van der Waals surface area contributed by atoms with Crippen molar-refractivity contribution in [1.29, 1.82) is 0 Å². The summed E-state index contributed by atoms with van der Waals surface area (Å²) >= 11 is 6.01. The Morgan fingerprint density at radius 3 is 2.58 bits per heavy atom. The number of ether oxygens (including phenoxy) is 2. The van der Waals surface area contributed by atoms with Crippen LogP contribution in [0.3, 0.4) is 0 Å². The van der Waals surface area contributed by atoms with E-state index in [1.54, 1.807) is 43.3 Å². The second kappa shape index (κ2) is 9.02. The maximum Gasteiger partial charge on any atom is 0.307 e. The number of methoxy groups -OCH3 is 1. The van der Waals surface area contributed by atoms with E-state index in [1.165, 1.54) is 19.2 Å². The van der Waals surface area contributed by atoms with Crippen LogP contribution in [0.25, 0.3) is 0 Å². The van der Waals surface area contributed by atoms with Crippen LogP contribution in [-0.4, -0.2) is 28.1 Å². The molecule has 140 valence electrons. The fourth-order valence-electron chi connectivity index (χ4n) is 2.39. The van der Waals surface area contributed by atoms with E-state index in [-0.39, 0.29) is 22.9 Å². The number of sulfonamides is 1. The van der Waals surface area contributed by atoms with Crippen LogP contribution in [0.2, 0.25) is 5.02 Å². The summed E-state index contributed by atoms with van der Waals surface area (Å²) in [5.41, 5.74) is 0.577. The van der Waals surface area contributed by atoms with Crippen LogP contribution >= 0.6 is 11.6 Å². The van der Waals surface area contributed by atoms with Gasteiger partial charge in [-0.25, -0.2) is 13.1 Å². The minimum atomic E-state index is -3.95. The number of carbonyl (C=O) groups is 1. The van der Waals surface area contributed by atoms with Gasteiger partial charge in [0.15, 0.2) is 0 Å². The number of nitrogens with one attached hydrogen (secondary N) is 1. The average molecular weight is 398 g/mol. The molecule has 0 bridgehead atoms. The number of carbonyl (C=O) groups excluding carboxylic acids is 1. The van der Waals surface area contributed by atoms with E-state index < -0.39 is 22.0 Å². The van der Waals surface area contributed by atoms with E-state index in [0.29, 0.717) is 11.3 Å². The molecule has 0 saturated heterocycles. The smallest absolute Gasteiger partial charge is 0.307 e. The molecule has 2 aromatic rings. The molecule has 2 aromatic carbocycles. The maximum absolute atomic E-state index is 12.8. The van der Waals surface area contributed by atoms with E-state index in [4.69, 9.17) is 21.1 Å². The predicted octanol–water partition coefficient (Wildman–Crippen LogP) is 3.32. The number of hydrogen-bond acceptors (Lipinski definition) is 5. The standard InChI is InChI=1S/C18H20ClNO5S/c1-3-25-18(21)12-16(13-7-6-8-14(11-13)24-2)20-26(22,23)17-10-5-4-9-15(17)19/h4-11,16,20H,3,12H2,1-2H3. The Labute approximate surface area is 158 Å². The lowest BCUT2D eigenvalue weighted by Gasteiger charge is -2.19. The first-order chi connectivity index (χ1) is 12.4. The topological polar surface area (TPSA) is 81.7 Å². The number of benzene rings is 2. The number of rotatable bonds is 8. The molecule has 1 unspecified atom stereocenters. The van der Waals surface area contributed by atoms with Gasteiger partial charge in [0.25, 0.3) is 0 Å². The van der Waals surface area contributed by atoms with E-state index in [9.17, 15) is 13.2 Å². The SMILES string of the molecule is CCOC(=O)CC(NS(=O)(=O)c1ccccc1Cl)c1cccc(OC)c1. The molecule has 2 rings (SSSR count). The Morgan fingerprint density at radius 2 is 1.92 bits per heavy atom. The molecule has 0 saturated carbocycles. The minimum Gasteiger partial charge on any atom is -0.497 e. The van der Waals surface area contributed by atoms with Gasteiger partial charge in [-0.2, -0.15) is 0 Å². The fraction of sp³-hybridized carbons (Fsp3) is 0.278. The Balaban J connectivity index is 2.37. The van der Waals surface area contributed by atoms with E-state index in [1.807, 2.05) is 0 Å². The van der Waals surface area contributed by atoms with Crippen LogP contribution < -0.4 is 9.46 Å². The molecule has 0 aromatic heterocycles. The first kappa shape index (κ1) is 20.2. The van der Waals surface area contributed by atoms with Crippen LogP contribution in [-0.2, 0) is 19.6 Å². The third-order valence-corrected chi connectivity index (χ3v) is 5.57. The molecule has 0 aliphatic rings. The van der Waals surface area contributed by atoms with Crippen LogP contribution in [0.15, 0.2) is 53.4 Å². The van der Waals surface area contributed by atoms with Crippen LogP contribution in [0.5, 0.6) is 5.75 Å². The van der Waals surface area contributed by atoms with Crippen molar-refractivity contribution in [3.63, 3.8) is 0 Å². The molecule has 0 aliphatic carbocycles. The average Bonchev–Trinajstić information content (AvgIpc) is 2.61. The van der Waals surface area contributed by atoms with Gasteiger partial charge < -0.3 is 9.47 Å². The van der Waals surface area contributed by atoms with Gasteiger partial charge in [0, 0.05) is 0 Å². The molecule has 1 atom stereocenters. The Hall–Kier alpha value is -2.09. The van der Waals surface area contributed by atoms with E-state index >= 15 is 0 Å². The van der Waals surface area contributed by atoms with Crippen molar-refractivity contribution >= 4 is 27.6 Å². The van der Waals surface area contributed by atoms with Gasteiger partial charge in [0.2, 0.25) is 10.0 Å². The lowest BCUT2D eigenvalue weighted by atomic mass is 10.0. The second-order valence-electron chi connectivity index (χ2n) is 5.39. The minimum absolute atomic E-state index is 0.0570. The van der Waals surface area contributed by atoms with Crippen LogP contribution in [0.1, 0.15) is 24.9 Å². The molecule has 8 heteroatoms. The zero-order valence-corrected chi connectivity index (χ0v) is 16.0. The highest BCUT2D eigenvalue weighted by Crippen LogP contribution is 2.26. The van der Waals surface area contributed by atoms with Gasteiger partial charge in [0.05, 0.1) is 31.2 Å². The highest BCUT2D eigenvalue weighted by molar-refractivity contribution is 7.89. The van der Waals surface area contributed by atoms with Gasteiger partial charge in [-0.05, 0) is 36.8 Å². The Bertz CT molecular complexity index is 869. The normalized spacial score (nSPS) is 12.4. The molecule has 0 amide bonds. The molecule has 0 heterocycles. The first-order valence-electron chi connectivity index (χ1n) is 7.93. The summed E-state index contributed by atoms with van der Waals surface area (Å²) in [6.07, 6.45) is -0.162. The third-order valence-electron chi connectivity index (χ3n) is 3.60. The third kappa shape index (κ3) is 5.20. The zero-order valence-electron chi connectivity index (χ0n) is 14.4. The number of halogens is 1. The summed E-state index contributed by atoms with van der Waals surface area (Å²) in [4.78, 5) is 11.9. The van der Waals surface area contributed by atoms with Gasteiger partial charge >= 0.3 is 5.97 Å². The summed E-state index contributed by atoms with van der Waals surface area (Å²) in [6, 6.07) is 12.1. The highest BCUT2D eigenvalue weighted by atomic mass is 35.5. The lowest BCUT2D eigenvalue weighted by Crippen LogP contribution is -2.31. The molecule has 0 fully saturated rings. The molecule has 0 radical (unpaired) electrons. The molecule has 6 nitrogen and oxygen atoms in total. The summed E-state index contributed by atoms with van der Waals surface area (Å²) in [5, 5.41) is 0.0977. The number of hydrogen-bond donors (Lipinski definition) is 1. The Morgan fingerprint density at radius 1 is 1.19 bits per heavy atom. The van der Waals surface area contributed by atoms with Crippen LogP contribution in [0, 0.1) is 0 Å². The van der Waals surface area contributed by atoms with E-state index in [0.717, 1.165) is 0 Å². The Kier molecular flexibility index (Phi) is 7.02. The van der Waals surface area contributed by atoms with Crippen molar-refractivity contribution in [2.24, 2.45) is 0 Å². The quantitative estimate of drug-likeness (QED) is 0.691. The lowest BCUT2D eigenvalue weighted by molar-refractivity contribution is -0.143. The van der Waals surface area contributed by atoms with Crippen molar-refractivity contribution in [2.75, 3.05) is 13.7 Å². The highest BCUT2D eigenvalue weighted by Gasteiger charge is 2.26. The molecule has 0 spiro atoms. The zero-order chi connectivity index (χ0) is 19.2. The van der Waals surface area contributed by atoms with Crippen LogP contribution in [0.4, 0.5) is 0 Å². The monoisotopic (exact) mass is 397 g/mol. The summed E-state index contributed by atoms with van der Waals surface area (Å²) in [5.74, 6) is 0.0375. The summed E-state index contributed by atoms with van der Waals surface area (Å²) in [6.45, 7) is 1.90.